The van der Waals surface area contributed by atoms with Crippen molar-refractivity contribution in [3.63, 3.8) is 0 Å². The van der Waals surface area contributed by atoms with Crippen LogP contribution in [0.4, 0.5) is 0 Å². The van der Waals surface area contributed by atoms with E-state index in [9.17, 15) is 9.90 Å². The largest absolute Gasteiger partial charge is 0.480 e. The summed E-state index contributed by atoms with van der Waals surface area (Å²) in [6.45, 7) is 2.15. The molecule has 1 aromatic carbocycles. The molecule has 0 saturated heterocycles. The van der Waals surface area contributed by atoms with Crippen LogP contribution >= 0.6 is 0 Å². The number of hydrogen-bond acceptors (Lipinski definition) is 3. The second-order valence-electron chi connectivity index (χ2n) is 5.22. The molecule has 0 amide bonds. The molecule has 1 unspecified atom stereocenters. The Balaban J connectivity index is 1.89. The third-order valence-electron chi connectivity index (χ3n) is 3.34. The van der Waals surface area contributed by atoms with Crippen LogP contribution in [-0.2, 0) is 17.6 Å². The van der Waals surface area contributed by atoms with Gasteiger partial charge in [-0.15, -0.1) is 0 Å². The highest BCUT2D eigenvalue weighted by Gasteiger charge is 2.24. The molecule has 0 aromatic heterocycles. The number of rotatable bonds is 8. The molecule has 1 aliphatic rings. The average Bonchev–Trinajstić information content (AvgIpc) is 3.20. The Hall–Kier alpha value is -1.39. The SMILES string of the molecule is CCCc1ccc(CC(NNC2CC2)C(=O)O)cc1. The van der Waals surface area contributed by atoms with Crippen molar-refractivity contribution in [3.8, 4) is 0 Å². The fourth-order valence-electron chi connectivity index (χ4n) is 2.01. The lowest BCUT2D eigenvalue weighted by molar-refractivity contribution is -0.139. The Bertz CT molecular complexity index is 413. The first-order valence-corrected chi connectivity index (χ1v) is 7.00. The van der Waals surface area contributed by atoms with E-state index in [0.717, 1.165) is 31.2 Å². The number of aliphatic carboxylic acids is 1. The molecule has 1 fully saturated rings. The Morgan fingerprint density at radius 3 is 2.47 bits per heavy atom. The van der Waals surface area contributed by atoms with E-state index in [1.165, 1.54) is 5.56 Å². The van der Waals surface area contributed by atoms with Gasteiger partial charge in [0.05, 0.1) is 0 Å². The summed E-state index contributed by atoms with van der Waals surface area (Å²) in [6.07, 6.45) is 4.96. The third kappa shape index (κ3) is 4.65. The summed E-state index contributed by atoms with van der Waals surface area (Å²) in [7, 11) is 0. The van der Waals surface area contributed by atoms with E-state index in [1.54, 1.807) is 0 Å². The highest BCUT2D eigenvalue weighted by Crippen LogP contribution is 2.17. The maximum atomic E-state index is 11.2. The highest BCUT2D eigenvalue weighted by molar-refractivity contribution is 5.73. The number of aryl methyl sites for hydroxylation is 1. The summed E-state index contributed by atoms with van der Waals surface area (Å²) < 4.78 is 0. The van der Waals surface area contributed by atoms with Gasteiger partial charge in [-0.1, -0.05) is 37.6 Å². The van der Waals surface area contributed by atoms with Gasteiger partial charge in [0, 0.05) is 6.04 Å². The molecule has 19 heavy (non-hydrogen) atoms. The van der Waals surface area contributed by atoms with Crippen LogP contribution in [0.25, 0.3) is 0 Å². The van der Waals surface area contributed by atoms with Gasteiger partial charge in [0.15, 0.2) is 0 Å². The molecule has 2 rings (SSSR count). The van der Waals surface area contributed by atoms with Crippen LogP contribution < -0.4 is 10.9 Å². The fraction of sp³-hybridized carbons (Fsp3) is 0.533. The van der Waals surface area contributed by atoms with Crippen molar-refractivity contribution in [1.82, 2.24) is 10.9 Å². The van der Waals surface area contributed by atoms with Crippen LogP contribution in [0.3, 0.4) is 0 Å². The van der Waals surface area contributed by atoms with Crippen molar-refractivity contribution in [2.75, 3.05) is 0 Å². The molecule has 1 saturated carbocycles. The van der Waals surface area contributed by atoms with Crippen LogP contribution in [0, 0.1) is 0 Å². The summed E-state index contributed by atoms with van der Waals surface area (Å²) >= 11 is 0. The van der Waals surface area contributed by atoms with Crippen molar-refractivity contribution < 1.29 is 9.90 Å². The van der Waals surface area contributed by atoms with Crippen LogP contribution in [0.2, 0.25) is 0 Å². The molecule has 0 aliphatic heterocycles. The van der Waals surface area contributed by atoms with Crippen LogP contribution in [0.15, 0.2) is 24.3 Å². The number of hydrazine groups is 1. The zero-order valence-electron chi connectivity index (χ0n) is 11.4. The predicted molar refractivity (Wildman–Crippen MR) is 74.9 cm³/mol. The van der Waals surface area contributed by atoms with E-state index >= 15 is 0 Å². The summed E-state index contributed by atoms with van der Waals surface area (Å²) in [6, 6.07) is 8.11. The van der Waals surface area contributed by atoms with Crippen molar-refractivity contribution >= 4 is 5.97 Å². The smallest absolute Gasteiger partial charge is 0.322 e. The lowest BCUT2D eigenvalue weighted by Gasteiger charge is -2.15. The maximum absolute atomic E-state index is 11.2. The minimum Gasteiger partial charge on any atom is -0.480 e. The fourth-order valence-corrected chi connectivity index (χ4v) is 2.01. The van der Waals surface area contributed by atoms with Crippen molar-refractivity contribution in [2.24, 2.45) is 0 Å². The summed E-state index contributed by atoms with van der Waals surface area (Å²) in [5.74, 6) is -0.814. The van der Waals surface area contributed by atoms with Gasteiger partial charge in [-0.2, -0.15) is 0 Å². The molecular formula is C15H22N2O2. The summed E-state index contributed by atoms with van der Waals surface area (Å²) in [5.41, 5.74) is 8.34. The molecule has 4 nitrogen and oxygen atoms in total. The molecule has 4 heteroatoms. The van der Waals surface area contributed by atoms with E-state index in [-0.39, 0.29) is 0 Å². The third-order valence-corrected chi connectivity index (χ3v) is 3.34. The maximum Gasteiger partial charge on any atom is 0.322 e. The highest BCUT2D eigenvalue weighted by atomic mass is 16.4. The molecular weight excluding hydrogens is 240 g/mol. The van der Waals surface area contributed by atoms with Crippen LogP contribution in [0.5, 0.6) is 0 Å². The van der Waals surface area contributed by atoms with E-state index in [4.69, 9.17) is 0 Å². The molecule has 1 atom stereocenters. The minimum atomic E-state index is -0.814. The Morgan fingerprint density at radius 2 is 1.95 bits per heavy atom. The molecule has 0 spiro atoms. The number of carbonyl (C=O) groups is 1. The zero-order valence-corrected chi connectivity index (χ0v) is 11.4. The molecule has 0 bridgehead atoms. The predicted octanol–water partition coefficient (Wildman–Crippen LogP) is 1.89. The standard InChI is InChI=1S/C15H22N2O2/c1-2-3-11-4-6-12(7-5-11)10-14(15(18)19)17-16-13-8-9-13/h4-7,13-14,16-17H,2-3,8-10H2,1H3,(H,18,19). The number of nitrogens with one attached hydrogen (secondary N) is 2. The van der Waals surface area contributed by atoms with E-state index < -0.39 is 12.0 Å². The molecule has 1 aliphatic carbocycles. The van der Waals surface area contributed by atoms with E-state index in [1.807, 2.05) is 12.1 Å². The normalized spacial score (nSPS) is 16.3. The minimum absolute atomic E-state index is 0.453. The van der Waals surface area contributed by atoms with Gasteiger partial charge < -0.3 is 5.11 Å². The van der Waals surface area contributed by atoms with Crippen molar-refractivity contribution in [2.45, 2.75) is 51.1 Å². The van der Waals surface area contributed by atoms with Gasteiger partial charge >= 0.3 is 5.97 Å². The number of hydrogen-bond donors (Lipinski definition) is 3. The Morgan fingerprint density at radius 1 is 1.32 bits per heavy atom. The topological polar surface area (TPSA) is 61.4 Å². The van der Waals surface area contributed by atoms with Crippen molar-refractivity contribution in [1.29, 1.82) is 0 Å². The molecule has 0 radical (unpaired) electrons. The van der Waals surface area contributed by atoms with Crippen LogP contribution in [-0.4, -0.2) is 23.2 Å². The molecule has 0 heterocycles. The quantitative estimate of drug-likeness (QED) is 0.626. The number of carboxylic acids is 1. The number of benzene rings is 1. The zero-order chi connectivity index (χ0) is 13.7. The van der Waals surface area contributed by atoms with Gasteiger partial charge in [-0.05, 0) is 36.8 Å². The lowest BCUT2D eigenvalue weighted by Crippen LogP contribution is -2.47. The second-order valence-corrected chi connectivity index (χ2v) is 5.22. The molecule has 104 valence electrons. The van der Waals surface area contributed by atoms with Crippen molar-refractivity contribution in [3.05, 3.63) is 35.4 Å². The van der Waals surface area contributed by atoms with Gasteiger partial charge in [0.2, 0.25) is 0 Å². The first-order chi connectivity index (χ1) is 9.19. The average molecular weight is 262 g/mol. The monoisotopic (exact) mass is 262 g/mol. The number of carboxylic acid groups (broad SMARTS) is 1. The van der Waals surface area contributed by atoms with Gasteiger partial charge in [0.25, 0.3) is 0 Å². The second kappa shape index (κ2) is 6.68. The Kier molecular flexibility index (Phi) is 4.93. The van der Waals surface area contributed by atoms with Gasteiger partial charge in [0.1, 0.15) is 6.04 Å². The molecule has 1 aromatic rings. The molecule has 3 N–H and O–H groups in total. The lowest BCUT2D eigenvalue weighted by atomic mass is 10.0. The van der Waals surface area contributed by atoms with E-state index in [0.29, 0.717) is 12.5 Å². The first kappa shape index (κ1) is 14.0. The van der Waals surface area contributed by atoms with E-state index in [2.05, 4.69) is 29.9 Å². The summed E-state index contributed by atoms with van der Waals surface area (Å²) in [4.78, 5) is 11.2. The first-order valence-electron chi connectivity index (χ1n) is 7.00. The van der Waals surface area contributed by atoms with Gasteiger partial charge in [-0.25, -0.2) is 5.43 Å². The summed E-state index contributed by atoms with van der Waals surface area (Å²) in [5, 5.41) is 9.20. The van der Waals surface area contributed by atoms with Gasteiger partial charge in [-0.3, -0.25) is 10.2 Å². The Labute approximate surface area is 114 Å². The van der Waals surface area contributed by atoms with Crippen LogP contribution in [0.1, 0.15) is 37.3 Å².